The van der Waals surface area contributed by atoms with Crippen LogP contribution in [0.15, 0.2) is 37.1 Å². The van der Waals surface area contributed by atoms with Crippen LogP contribution in [0.4, 0.5) is 0 Å². The Kier molecular flexibility index (Phi) is 3.56. The summed E-state index contributed by atoms with van der Waals surface area (Å²) in [7, 11) is 0. The first-order valence-corrected chi connectivity index (χ1v) is 7.18. The zero-order chi connectivity index (χ0) is 15.0. The molecular formula is C13H13N3O4S. The van der Waals surface area contributed by atoms with Gasteiger partial charge < -0.3 is 9.84 Å². The summed E-state index contributed by atoms with van der Waals surface area (Å²) in [5.41, 5.74) is 0.194. The zero-order valence-electron chi connectivity index (χ0n) is 11.0. The van der Waals surface area contributed by atoms with Crippen molar-refractivity contribution in [2.24, 2.45) is 5.92 Å². The Morgan fingerprint density at radius 3 is 3.05 bits per heavy atom. The molecule has 0 spiro atoms. The number of esters is 1. The van der Waals surface area contributed by atoms with Crippen LogP contribution < -0.4 is 0 Å². The van der Waals surface area contributed by atoms with Gasteiger partial charge in [0.25, 0.3) is 0 Å². The lowest BCUT2D eigenvalue weighted by Gasteiger charge is -2.41. The van der Waals surface area contributed by atoms with Crippen LogP contribution in [-0.2, 0) is 14.3 Å². The fourth-order valence-electron chi connectivity index (χ4n) is 2.29. The Labute approximate surface area is 124 Å². The standard InChI is InChI=1S/C13H13N3O4S/c1-2-5-20-13(19)9-12(15-4-3-14-7-15)21-11-8(6-17)10(18)16(9)11/h2-4,7-8,11,17H,1,5-6H2/t8-,11+/m0/s1. The molecule has 1 amide bonds. The second-order valence-electron chi connectivity index (χ2n) is 4.52. The Bertz CT molecular complexity index is 625. The molecule has 3 heterocycles. The summed E-state index contributed by atoms with van der Waals surface area (Å²) in [6.07, 6.45) is 6.28. The summed E-state index contributed by atoms with van der Waals surface area (Å²) < 4.78 is 6.72. The highest BCUT2D eigenvalue weighted by Gasteiger charge is 2.56. The van der Waals surface area contributed by atoms with Crippen LogP contribution in [0.3, 0.4) is 0 Å². The van der Waals surface area contributed by atoms with Crippen molar-refractivity contribution in [2.45, 2.75) is 5.37 Å². The number of thioether (sulfide) groups is 1. The number of ether oxygens (including phenoxy) is 1. The molecular weight excluding hydrogens is 294 g/mol. The Morgan fingerprint density at radius 2 is 2.43 bits per heavy atom. The number of hydrogen-bond acceptors (Lipinski definition) is 6. The van der Waals surface area contributed by atoms with E-state index in [1.54, 1.807) is 23.3 Å². The summed E-state index contributed by atoms with van der Waals surface area (Å²) >= 11 is 1.35. The predicted molar refractivity (Wildman–Crippen MR) is 75.4 cm³/mol. The van der Waals surface area contributed by atoms with E-state index >= 15 is 0 Å². The van der Waals surface area contributed by atoms with Crippen LogP contribution in [0.5, 0.6) is 0 Å². The van der Waals surface area contributed by atoms with E-state index in [4.69, 9.17) is 4.74 Å². The van der Waals surface area contributed by atoms with Crippen LogP contribution in [0.1, 0.15) is 0 Å². The van der Waals surface area contributed by atoms with Crippen molar-refractivity contribution in [3.63, 3.8) is 0 Å². The second-order valence-corrected chi connectivity index (χ2v) is 5.62. The van der Waals surface area contributed by atoms with Gasteiger partial charge in [-0.15, -0.1) is 0 Å². The topological polar surface area (TPSA) is 84.7 Å². The number of aromatic nitrogens is 2. The molecule has 1 aromatic rings. The van der Waals surface area contributed by atoms with Gasteiger partial charge in [-0.1, -0.05) is 24.4 Å². The SMILES string of the molecule is C=CCOC(=O)C1=C(n2ccnc2)S[C@@H]2[C@@H](CO)C(=O)N12. The smallest absolute Gasteiger partial charge is 0.358 e. The van der Waals surface area contributed by atoms with Gasteiger partial charge in [0.05, 0.1) is 18.9 Å². The molecule has 0 aliphatic carbocycles. The molecule has 1 N–H and O–H groups in total. The molecule has 0 aromatic carbocycles. The maximum absolute atomic E-state index is 12.2. The first kappa shape index (κ1) is 13.9. The van der Waals surface area contributed by atoms with Crippen LogP contribution in [0.25, 0.3) is 5.03 Å². The number of hydrogen-bond donors (Lipinski definition) is 1. The lowest BCUT2D eigenvalue weighted by Crippen LogP contribution is -2.58. The Balaban J connectivity index is 1.96. The molecule has 21 heavy (non-hydrogen) atoms. The van der Waals surface area contributed by atoms with Crippen molar-refractivity contribution >= 4 is 28.7 Å². The quantitative estimate of drug-likeness (QED) is 0.477. The first-order chi connectivity index (χ1) is 10.2. The summed E-state index contributed by atoms with van der Waals surface area (Å²) in [5, 5.41) is 9.57. The van der Waals surface area contributed by atoms with Gasteiger partial charge in [-0.3, -0.25) is 14.3 Å². The second kappa shape index (κ2) is 5.38. The molecule has 2 aliphatic rings. The van der Waals surface area contributed by atoms with E-state index in [-0.39, 0.29) is 30.2 Å². The van der Waals surface area contributed by atoms with Gasteiger partial charge in [0, 0.05) is 12.4 Å². The molecule has 7 nitrogen and oxygen atoms in total. The van der Waals surface area contributed by atoms with Crippen molar-refractivity contribution < 1.29 is 19.4 Å². The molecule has 2 aliphatic heterocycles. The molecule has 1 saturated heterocycles. The Hall–Kier alpha value is -2.06. The average Bonchev–Trinajstić information content (AvgIpc) is 3.10. The monoisotopic (exact) mass is 307 g/mol. The number of fused-ring (bicyclic) bond motifs is 1. The average molecular weight is 307 g/mol. The lowest BCUT2D eigenvalue weighted by molar-refractivity contribution is -0.154. The highest BCUT2D eigenvalue weighted by atomic mass is 32.2. The van der Waals surface area contributed by atoms with E-state index in [2.05, 4.69) is 11.6 Å². The number of aliphatic hydroxyl groups is 1. The van der Waals surface area contributed by atoms with Gasteiger partial charge in [0.2, 0.25) is 5.91 Å². The largest absolute Gasteiger partial charge is 0.457 e. The van der Waals surface area contributed by atoms with Gasteiger partial charge in [-0.25, -0.2) is 9.78 Å². The van der Waals surface area contributed by atoms with Crippen molar-refractivity contribution in [3.05, 3.63) is 37.1 Å². The summed E-state index contributed by atoms with van der Waals surface area (Å²) in [4.78, 5) is 29.6. The van der Waals surface area contributed by atoms with E-state index < -0.39 is 11.9 Å². The predicted octanol–water partition coefficient (Wildman–Crippen LogP) is 0.262. The minimum atomic E-state index is -0.585. The summed E-state index contributed by atoms with van der Waals surface area (Å²) in [6, 6.07) is 0. The number of imidazole rings is 1. The third kappa shape index (κ3) is 2.07. The molecule has 110 valence electrons. The fourth-order valence-corrected chi connectivity index (χ4v) is 3.72. The van der Waals surface area contributed by atoms with E-state index in [0.717, 1.165) is 0 Å². The molecule has 0 bridgehead atoms. The highest BCUT2D eigenvalue weighted by molar-refractivity contribution is 8.08. The minimum Gasteiger partial charge on any atom is -0.457 e. The van der Waals surface area contributed by atoms with E-state index in [0.29, 0.717) is 5.03 Å². The number of aliphatic hydroxyl groups excluding tert-OH is 1. The van der Waals surface area contributed by atoms with Crippen LogP contribution >= 0.6 is 11.8 Å². The zero-order valence-corrected chi connectivity index (χ0v) is 11.8. The van der Waals surface area contributed by atoms with Crippen LogP contribution in [0, 0.1) is 5.92 Å². The summed E-state index contributed by atoms with van der Waals surface area (Å²) in [5.74, 6) is -1.34. The first-order valence-electron chi connectivity index (χ1n) is 6.30. The number of nitrogens with zero attached hydrogens (tertiary/aromatic N) is 3. The molecule has 1 aromatic heterocycles. The van der Waals surface area contributed by atoms with Crippen molar-refractivity contribution in [2.75, 3.05) is 13.2 Å². The third-order valence-electron chi connectivity index (χ3n) is 3.29. The van der Waals surface area contributed by atoms with E-state index in [9.17, 15) is 14.7 Å². The van der Waals surface area contributed by atoms with E-state index in [1.807, 2.05) is 0 Å². The number of β-lactam (4-membered cyclic amide) rings is 1. The van der Waals surface area contributed by atoms with Gasteiger partial charge >= 0.3 is 5.97 Å². The number of carbonyl (C=O) groups excluding carboxylic acids is 2. The molecule has 2 atom stereocenters. The molecule has 0 radical (unpaired) electrons. The van der Waals surface area contributed by atoms with Gasteiger partial charge in [-0.2, -0.15) is 0 Å². The van der Waals surface area contributed by atoms with Crippen molar-refractivity contribution in [1.29, 1.82) is 0 Å². The maximum atomic E-state index is 12.2. The molecule has 0 unspecified atom stereocenters. The summed E-state index contributed by atoms with van der Waals surface area (Å²) in [6.45, 7) is 3.32. The lowest BCUT2D eigenvalue weighted by atomic mass is 9.98. The molecule has 0 saturated carbocycles. The maximum Gasteiger partial charge on any atom is 0.358 e. The van der Waals surface area contributed by atoms with Crippen LogP contribution in [0.2, 0.25) is 0 Å². The molecule has 3 rings (SSSR count). The normalized spacial score (nSPS) is 23.9. The van der Waals surface area contributed by atoms with Crippen molar-refractivity contribution in [1.82, 2.24) is 14.5 Å². The minimum absolute atomic E-state index is 0.0698. The molecule has 8 heteroatoms. The Morgan fingerprint density at radius 1 is 1.62 bits per heavy atom. The fraction of sp³-hybridized carbons (Fsp3) is 0.308. The number of amides is 1. The number of rotatable bonds is 5. The van der Waals surface area contributed by atoms with Crippen LogP contribution in [-0.4, -0.2) is 50.0 Å². The molecule has 1 fully saturated rings. The third-order valence-corrected chi connectivity index (χ3v) is 4.70. The van der Waals surface area contributed by atoms with E-state index in [1.165, 1.54) is 22.7 Å². The van der Waals surface area contributed by atoms with Gasteiger partial charge in [0.15, 0.2) is 5.70 Å². The highest BCUT2D eigenvalue weighted by Crippen LogP contribution is 2.50. The van der Waals surface area contributed by atoms with Gasteiger partial charge in [0.1, 0.15) is 17.0 Å². The van der Waals surface area contributed by atoms with Gasteiger partial charge in [-0.05, 0) is 0 Å². The van der Waals surface area contributed by atoms with Crippen molar-refractivity contribution in [3.8, 4) is 0 Å². The number of carbonyl (C=O) groups is 2.